The standard InChI is InChI=1S/C63H69ClF4N8O9S3/c1-39-34-73(36-41-30-51-57(52(65)31-41)61(81)76(60(51)80)54-20-21-56(77)70-59(54)79)35-40(2)75(39)25-23-46(38-86-48-8-6-5-7-9-48)69-53-19-18-49(32-55(53)87(82,83)63(66,67)68)88(84,85)71-58(78)43-12-16-47(17-13-43)74-28-26-72(27-29-74)37-44-33-62(3,4)24-22-50(44)42-10-14-45(64)15-11-42/h5-19,30-32,39-40,46,54,69H,20-29,33-38H2,1-4H3,(H,71,78)(H,70,77,79)/t39?,40?,46-,54?/m1/s1. The normalized spacial score (nSPS) is 21.1. The molecule has 0 radical (unpaired) electrons. The number of sulfonamides is 1. The van der Waals surface area contributed by atoms with Crippen LogP contribution in [0.5, 0.6) is 0 Å². The minimum Gasteiger partial charge on any atom is -0.380 e. The van der Waals surface area contributed by atoms with Crippen molar-refractivity contribution >= 4 is 89.7 Å². The van der Waals surface area contributed by atoms with E-state index < -0.39 is 93.8 Å². The van der Waals surface area contributed by atoms with Crippen LogP contribution in [-0.4, -0.2) is 154 Å². The van der Waals surface area contributed by atoms with E-state index in [1.807, 2.05) is 65.9 Å². The van der Waals surface area contributed by atoms with Crippen LogP contribution in [0.15, 0.2) is 129 Å². The third-order valence-corrected chi connectivity index (χ3v) is 21.4. The fourth-order valence-corrected chi connectivity index (χ4v) is 15.8. The highest BCUT2D eigenvalue weighted by molar-refractivity contribution is 7.99. The summed E-state index contributed by atoms with van der Waals surface area (Å²) in [6, 6.07) is 26.1. The molecule has 4 heterocycles. The summed E-state index contributed by atoms with van der Waals surface area (Å²) in [5.41, 5.74) is -1.62. The molecule has 5 aromatic carbocycles. The van der Waals surface area contributed by atoms with Gasteiger partial charge in [-0.15, -0.1) is 11.8 Å². The lowest BCUT2D eigenvalue weighted by Gasteiger charge is -2.45. The van der Waals surface area contributed by atoms with Gasteiger partial charge in [0.2, 0.25) is 11.8 Å². The number of imide groups is 2. The van der Waals surface area contributed by atoms with Gasteiger partial charge >= 0.3 is 5.51 Å². The van der Waals surface area contributed by atoms with Crippen LogP contribution in [-0.2, 0) is 36.0 Å². The van der Waals surface area contributed by atoms with Gasteiger partial charge in [-0.1, -0.05) is 61.4 Å². The van der Waals surface area contributed by atoms with E-state index in [9.17, 15) is 54.0 Å². The molecule has 1 aliphatic carbocycles. The number of hydrogen-bond acceptors (Lipinski definition) is 15. The minimum absolute atomic E-state index is 0.0507. The number of carbonyl (C=O) groups excluding carboxylic acids is 5. The SMILES string of the molecule is CC1CN(Cc2cc(F)c3c(c2)C(=O)N(C2CCC(=O)NC2=O)C3=O)CC(C)N1CC[C@H](CSc1ccccc1)Nc1ccc(S(=O)(=O)NC(=O)c2ccc(N3CCN(CC4=C(c5ccc(Cl)cc5)CCC(C)(C)C4)CC3)cc2)cc1S(=O)(=O)C(F)(F)F. The van der Waals surface area contributed by atoms with Crippen LogP contribution in [0.3, 0.4) is 0 Å². The number of allylic oxidation sites excluding steroid dienone is 1. The first-order valence-corrected chi connectivity index (χ1v) is 33.5. The molecular formula is C63H69ClF4N8O9S3. The summed E-state index contributed by atoms with van der Waals surface area (Å²) < 4.78 is 116. The summed E-state index contributed by atoms with van der Waals surface area (Å²) in [4.78, 5) is 72.9. The Bertz CT molecular complexity index is 3760. The molecule has 5 aliphatic rings. The summed E-state index contributed by atoms with van der Waals surface area (Å²) in [6.07, 6.45) is 3.17. The molecule has 3 fully saturated rings. The molecule has 88 heavy (non-hydrogen) atoms. The van der Waals surface area contributed by atoms with Crippen LogP contribution in [0.25, 0.3) is 5.57 Å². The minimum atomic E-state index is -6.20. The van der Waals surface area contributed by atoms with Gasteiger partial charge in [-0.2, -0.15) is 13.2 Å². The molecule has 0 bridgehead atoms. The van der Waals surface area contributed by atoms with Crippen molar-refractivity contribution in [3.8, 4) is 0 Å². The molecule has 10 rings (SSSR count). The Morgan fingerprint density at radius 2 is 1.50 bits per heavy atom. The van der Waals surface area contributed by atoms with Crippen molar-refractivity contribution in [3.63, 3.8) is 0 Å². The summed E-state index contributed by atoms with van der Waals surface area (Å²) in [5, 5.41) is 5.84. The van der Waals surface area contributed by atoms with Crippen molar-refractivity contribution in [2.45, 2.75) is 117 Å². The lowest BCUT2D eigenvalue weighted by atomic mass is 9.73. The first-order chi connectivity index (χ1) is 41.6. The number of nitrogens with one attached hydrogen (secondary N) is 3. The first kappa shape index (κ1) is 64.3. The number of rotatable bonds is 19. The number of thioether (sulfide) groups is 1. The lowest BCUT2D eigenvalue weighted by molar-refractivity contribution is -0.136. The monoisotopic (exact) mass is 1290 g/mol. The molecule has 0 spiro atoms. The lowest BCUT2D eigenvalue weighted by Crippen LogP contribution is -2.56. The number of anilines is 2. The topological polar surface area (TPSA) is 206 Å². The van der Waals surface area contributed by atoms with Crippen molar-refractivity contribution in [2.75, 3.05) is 68.3 Å². The zero-order chi connectivity index (χ0) is 63.0. The van der Waals surface area contributed by atoms with Crippen molar-refractivity contribution in [1.29, 1.82) is 0 Å². The van der Waals surface area contributed by atoms with Crippen LogP contribution < -0.4 is 20.3 Å². The Kier molecular flexibility index (Phi) is 19.0. The molecule has 0 aromatic heterocycles. The van der Waals surface area contributed by atoms with E-state index in [0.29, 0.717) is 54.3 Å². The molecule has 25 heteroatoms. The highest BCUT2D eigenvalue weighted by atomic mass is 35.5. The number of piperazine rings is 2. The van der Waals surface area contributed by atoms with Gasteiger partial charge in [-0.05, 0) is 147 Å². The largest absolute Gasteiger partial charge is 0.501 e. The molecular weight excluding hydrogens is 1220 g/mol. The van der Waals surface area contributed by atoms with E-state index >= 15 is 4.39 Å². The maximum Gasteiger partial charge on any atom is 0.501 e. The molecule has 4 aliphatic heterocycles. The van der Waals surface area contributed by atoms with Crippen molar-refractivity contribution in [3.05, 3.63) is 153 Å². The third kappa shape index (κ3) is 14.3. The van der Waals surface area contributed by atoms with Gasteiger partial charge in [0.05, 0.1) is 21.7 Å². The molecule has 3 saturated heterocycles. The van der Waals surface area contributed by atoms with Gasteiger partial charge in [0.25, 0.3) is 37.6 Å². The fraction of sp³-hybridized carbons (Fsp3) is 0.413. The number of piperidine rings is 1. The van der Waals surface area contributed by atoms with Crippen LogP contribution in [0.1, 0.15) is 108 Å². The van der Waals surface area contributed by atoms with E-state index in [2.05, 4.69) is 51.3 Å². The van der Waals surface area contributed by atoms with Gasteiger partial charge < -0.3 is 10.2 Å². The fourth-order valence-electron chi connectivity index (χ4n) is 12.6. The Balaban J connectivity index is 0.792. The Labute approximate surface area is 519 Å². The number of fused-ring (bicyclic) bond motifs is 1. The van der Waals surface area contributed by atoms with E-state index in [-0.39, 0.29) is 60.2 Å². The van der Waals surface area contributed by atoms with Crippen molar-refractivity contribution in [1.82, 2.24) is 29.6 Å². The number of carbonyl (C=O) groups is 5. The second-order valence-corrected chi connectivity index (χ2v) is 29.2. The Hall–Kier alpha value is -6.67. The van der Waals surface area contributed by atoms with Gasteiger partial charge in [0.1, 0.15) is 16.8 Å². The van der Waals surface area contributed by atoms with E-state index in [4.69, 9.17) is 11.6 Å². The second kappa shape index (κ2) is 26.0. The van der Waals surface area contributed by atoms with Gasteiger partial charge in [-0.3, -0.25) is 48.9 Å². The predicted octanol–water partition coefficient (Wildman–Crippen LogP) is 9.64. The number of alkyl halides is 3. The average molecular weight is 1290 g/mol. The highest BCUT2D eigenvalue weighted by Gasteiger charge is 2.49. The number of amides is 5. The third-order valence-electron chi connectivity index (χ3n) is 17.2. The van der Waals surface area contributed by atoms with Crippen molar-refractivity contribution in [2.24, 2.45) is 5.41 Å². The molecule has 3 unspecified atom stereocenters. The molecule has 3 N–H and O–H groups in total. The maximum absolute atomic E-state index is 15.7. The van der Waals surface area contributed by atoms with E-state index in [1.54, 1.807) is 12.1 Å². The molecule has 4 atom stereocenters. The Morgan fingerprint density at radius 1 is 0.818 bits per heavy atom. The smallest absolute Gasteiger partial charge is 0.380 e. The van der Waals surface area contributed by atoms with Crippen LogP contribution in [0.2, 0.25) is 5.02 Å². The predicted molar refractivity (Wildman–Crippen MR) is 329 cm³/mol. The Morgan fingerprint density at radius 3 is 2.16 bits per heavy atom. The van der Waals surface area contributed by atoms with Crippen LogP contribution in [0.4, 0.5) is 28.9 Å². The maximum atomic E-state index is 15.7. The summed E-state index contributed by atoms with van der Waals surface area (Å²) in [6.45, 7) is 13.8. The van der Waals surface area contributed by atoms with Gasteiger partial charge in [0.15, 0.2) is 0 Å². The second-order valence-electron chi connectivity index (χ2n) is 24.1. The summed E-state index contributed by atoms with van der Waals surface area (Å²) in [5.74, 6) is -4.90. The van der Waals surface area contributed by atoms with Gasteiger partial charge in [0, 0.05) is 110 Å². The number of hydrogen-bond donors (Lipinski definition) is 3. The van der Waals surface area contributed by atoms with Crippen LogP contribution >= 0.6 is 23.4 Å². The highest BCUT2D eigenvalue weighted by Crippen LogP contribution is 2.43. The quantitative estimate of drug-likeness (QED) is 0.0400. The average Bonchev–Trinajstić information content (AvgIpc) is 1.94. The number of nitrogens with zero attached hydrogens (tertiary/aromatic N) is 5. The number of sulfone groups is 1. The summed E-state index contributed by atoms with van der Waals surface area (Å²) >= 11 is 7.59. The zero-order valence-corrected chi connectivity index (χ0v) is 52.2. The molecule has 5 aromatic rings. The molecule has 17 nitrogen and oxygen atoms in total. The molecule has 5 amide bonds. The van der Waals surface area contributed by atoms with E-state index in [0.717, 1.165) is 61.6 Å². The number of halogens is 5. The van der Waals surface area contributed by atoms with Crippen LogP contribution in [0, 0.1) is 11.2 Å². The molecule has 468 valence electrons. The number of benzene rings is 5. The van der Waals surface area contributed by atoms with Gasteiger partial charge in [-0.25, -0.2) is 25.9 Å². The molecule has 0 saturated carbocycles. The zero-order valence-electron chi connectivity index (χ0n) is 49.0. The van der Waals surface area contributed by atoms with E-state index in [1.165, 1.54) is 52.7 Å². The first-order valence-electron chi connectivity index (χ1n) is 29.2. The summed E-state index contributed by atoms with van der Waals surface area (Å²) in [7, 11) is -11.2. The van der Waals surface area contributed by atoms with Crippen molar-refractivity contribution < 1.29 is 58.4 Å².